The van der Waals surface area contributed by atoms with Crippen LogP contribution < -0.4 is 4.80 Å². The van der Waals surface area contributed by atoms with Crippen molar-refractivity contribution in [3.05, 3.63) is 64.5 Å². The highest BCUT2D eigenvalue weighted by molar-refractivity contribution is 7.16. The fourth-order valence-electron chi connectivity index (χ4n) is 2.46. The van der Waals surface area contributed by atoms with Crippen molar-refractivity contribution in [2.45, 2.75) is 12.7 Å². The first-order valence-corrected chi connectivity index (χ1v) is 8.55. The van der Waals surface area contributed by atoms with E-state index in [1.54, 1.807) is 7.11 Å². The predicted octanol–water partition coefficient (Wildman–Crippen LogP) is 4.11. The molecular formula is C18H15F3N2O2S. The Bertz CT molecular complexity index is 988. The van der Waals surface area contributed by atoms with E-state index in [0.717, 1.165) is 34.5 Å². The van der Waals surface area contributed by atoms with E-state index in [1.807, 2.05) is 28.8 Å². The Morgan fingerprint density at radius 2 is 1.85 bits per heavy atom. The second kappa shape index (κ2) is 7.43. The number of methoxy groups -OCH3 is 1. The van der Waals surface area contributed by atoms with E-state index in [0.29, 0.717) is 18.0 Å². The molecule has 4 nitrogen and oxygen atoms in total. The van der Waals surface area contributed by atoms with Gasteiger partial charge in [-0.15, -0.1) is 0 Å². The van der Waals surface area contributed by atoms with Crippen LogP contribution in [0.4, 0.5) is 13.2 Å². The van der Waals surface area contributed by atoms with Gasteiger partial charge in [-0.1, -0.05) is 23.5 Å². The SMILES string of the molecule is COCCn1c(=NC(=O)c2ccc(C(F)(F)F)cc2)sc2ccccc21. The maximum absolute atomic E-state index is 12.6. The van der Waals surface area contributed by atoms with Crippen LogP contribution in [0.5, 0.6) is 0 Å². The molecule has 3 aromatic rings. The first-order chi connectivity index (χ1) is 12.4. The molecule has 0 aliphatic heterocycles. The number of fused-ring (bicyclic) bond motifs is 1. The van der Waals surface area contributed by atoms with E-state index in [-0.39, 0.29) is 5.56 Å². The van der Waals surface area contributed by atoms with Gasteiger partial charge in [0.1, 0.15) is 0 Å². The lowest BCUT2D eigenvalue weighted by molar-refractivity contribution is -0.137. The van der Waals surface area contributed by atoms with E-state index in [2.05, 4.69) is 4.99 Å². The number of halogens is 3. The Labute approximate surface area is 151 Å². The molecule has 0 saturated carbocycles. The minimum absolute atomic E-state index is 0.105. The number of ether oxygens (including phenoxy) is 1. The average Bonchev–Trinajstić information content (AvgIpc) is 2.96. The number of rotatable bonds is 4. The molecule has 136 valence electrons. The van der Waals surface area contributed by atoms with Crippen molar-refractivity contribution in [1.29, 1.82) is 0 Å². The minimum atomic E-state index is -4.44. The summed E-state index contributed by atoms with van der Waals surface area (Å²) in [5.41, 5.74) is 0.230. The summed E-state index contributed by atoms with van der Waals surface area (Å²) in [5.74, 6) is -0.587. The highest BCUT2D eigenvalue weighted by Crippen LogP contribution is 2.29. The van der Waals surface area contributed by atoms with Crippen molar-refractivity contribution in [2.24, 2.45) is 4.99 Å². The van der Waals surface area contributed by atoms with Gasteiger partial charge in [0, 0.05) is 19.2 Å². The summed E-state index contributed by atoms with van der Waals surface area (Å²) in [5, 5.41) is 0. The fourth-order valence-corrected chi connectivity index (χ4v) is 3.51. The summed E-state index contributed by atoms with van der Waals surface area (Å²) in [4.78, 5) is 17.0. The van der Waals surface area contributed by atoms with Crippen LogP contribution in [-0.4, -0.2) is 24.2 Å². The fraction of sp³-hybridized carbons (Fsp3) is 0.222. The molecular weight excluding hydrogens is 365 g/mol. The van der Waals surface area contributed by atoms with Gasteiger partial charge >= 0.3 is 6.18 Å². The molecule has 2 aromatic carbocycles. The van der Waals surface area contributed by atoms with Crippen LogP contribution in [0.25, 0.3) is 10.2 Å². The third-order valence-electron chi connectivity index (χ3n) is 3.76. The smallest absolute Gasteiger partial charge is 0.383 e. The number of hydrogen-bond donors (Lipinski definition) is 0. The summed E-state index contributed by atoms with van der Waals surface area (Å²) in [7, 11) is 1.58. The normalized spacial score (nSPS) is 12.7. The molecule has 8 heteroatoms. The zero-order valence-corrected chi connectivity index (χ0v) is 14.6. The molecule has 0 aliphatic rings. The van der Waals surface area contributed by atoms with Crippen LogP contribution in [0.2, 0.25) is 0 Å². The van der Waals surface area contributed by atoms with Gasteiger partial charge < -0.3 is 9.30 Å². The quantitative estimate of drug-likeness (QED) is 0.684. The van der Waals surface area contributed by atoms with E-state index in [9.17, 15) is 18.0 Å². The molecule has 1 amide bonds. The highest BCUT2D eigenvalue weighted by Gasteiger charge is 2.30. The lowest BCUT2D eigenvalue weighted by Gasteiger charge is -2.06. The van der Waals surface area contributed by atoms with Crippen molar-refractivity contribution in [2.75, 3.05) is 13.7 Å². The number of thiazole rings is 1. The minimum Gasteiger partial charge on any atom is -0.383 e. The van der Waals surface area contributed by atoms with Crippen molar-refractivity contribution in [3.63, 3.8) is 0 Å². The lowest BCUT2D eigenvalue weighted by Crippen LogP contribution is -2.19. The van der Waals surface area contributed by atoms with Gasteiger partial charge in [-0.25, -0.2) is 0 Å². The zero-order chi connectivity index (χ0) is 18.7. The molecule has 3 rings (SSSR count). The number of benzene rings is 2. The van der Waals surface area contributed by atoms with Gasteiger partial charge in [-0.05, 0) is 36.4 Å². The molecule has 0 aliphatic carbocycles. The molecule has 0 spiro atoms. The molecule has 0 N–H and O–H groups in total. The van der Waals surface area contributed by atoms with Gasteiger partial charge in [0.2, 0.25) is 0 Å². The molecule has 0 bridgehead atoms. The monoisotopic (exact) mass is 380 g/mol. The average molecular weight is 380 g/mol. The molecule has 0 radical (unpaired) electrons. The van der Waals surface area contributed by atoms with Crippen molar-refractivity contribution in [1.82, 2.24) is 4.57 Å². The van der Waals surface area contributed by atoms with Gasteiger partial charge in [-0.3, -0.25) is 4.79 Å². The van der Waals surface area contributed by atoms with Crippen molar-refractivity contribution < 1.29 is 22.7 Å². The van der Waals surface area contributed by atoms with Gasteiger partial charge in [0.25, 0.3) is 5.91 Å². The molecule has 0 unspecified atom stereocenters. The number of alkyl halides is 3. The van der Waals surface area contributed by atoms with E-state index >= 15 is 0 Å². The Morgan fingerprint density at radius 3 is 2.50 bits per heavy atom. The predicted molar refractivity (Wildman–Crippen MR) is 93.0 cm³/mol. The molecule has 26 heavy (non-hydrogen) atoms. The third-order valence-corrected chi connectivity index (χ3v) is 4.82. The summed E-state index contributed by atoms with van der Waals surface area (Å²) in [6, 6.07) is 11.7. The molecule has 0 saturated heterocycles. The number of nitrogens with zero attached hydrogens (tertiary/aromatic N) is 2. The largest absolute Gasteiger partial charge is 0.416 e. The van der Waals surface area contributed by atoms with Crippen LogP contribution >= 0.6 is 11.3 Å². The number of amides is 1. The van der Waals surface area contributed by atoms with Crippen LogP contribution in [0, 0.1) is 0 Å². The van der Waals surface area contributed by atoms with Crippen molar-refractivity contribution >= 4 is 27.5 Å². The van der Waals surface area contributed by atoms with Crippen LogP contribution in [0.3, 0.4) is 0 Å². The summed E-state index contributed by atoms with van der Waals surface area (Å²) in [6.07, 6.45) is -4.44. The lowest BCUT2D eigenvalue weighted by atomic mass is 10.1. The van der Waals surface area contributed by atoms with Gasteiger partial charge in [0.15, 0.2) is 4.80 Å². The van der Waals surface area contributed by atoms with E-state index in [1.165, 1.54) is 11.3 Å². The molecule has 0 fully saturated rings. The summed E-state index contributed by atoms with van der Waals surface area (Å²) in [6.45, 7) is 0.960. The van der Waals surface area contributed by atoms with E-state index < -0.39 is 17.6 Å². The standard InChI is InChI=1S/C18H15F3N2O2S/c1-25-11-10-23-14-4-2-3-5-15(14)26-17(23)22-16(24)12-6-8-13(9-7-12)18(19,20)21/h2-9H,10-11H2,1H3. The highest BCUT2D eigenvalue weighted by atomic mass is 32.1. The molecule has 0 atom stereocenters. The van der Waals surface area contributed by atoms with Crippen LogP contribution in [0.15, 0.2) is 53.5 Å². The van der Waals surface area contributed by atoms with Crippen molar-refractivity contribution in [3.8, 4) is 0 Å². The Morgan fingerprint density at radius 1 is 1.15 bits per heavy atom. The topological polar surface area (TPSA) is 43.6 Å². The summed E-state index contributed by atoms with van der Waals surface area (Å²) >= 11 is 1.34. The molecule has 1 aromatic heterocycles. The Hall–Kier alpha value is -2.45. The number of hydrogen-bond acceptors (Lipinski definition) is 3. The van der Waals surface area contributed by atoms with Crippen LogP contribution in [0.1, 0.15) is 15.9 Å². The Balaban J connectivity index is 1.99. The van der Waals surface area contributed by atoms with E-state index in [4.69, 9.17) is 4.74 Å². The molecule has 1 heterocycles. The first kappa shape index (κ1) is 18.3. The number of aromatic nitrogens is 1. The summed E-state index contributed by atoms with van der Waals surface area (Å²) < 4.78 is 45.8. The number of para-hydroxylation sites is 1. The maximum atomic E-state index is 12.6. The van der Waals surface area contributed by atoms with Gasteiger partial charge in [-0.2, -0.15) is 18.2 Å². The number of carbonyl (C=O) groups is 1. The number of carbonyl (C=O) groups excluding carboxylic acids is 1. The second-order valence-electron chi connectivity index (χ2n) is 5.49. The first-order valence-electron chi connectivity index (χ1n) is 7.74. The third kappa shape index (κ3) is 3.86. The second-order valence-corrected chi connectivity index (χ2v) is 6.50. The van der Waals surface area contributed by atoms with Crippen LogP contribution in [-0.2, 0) is 17.5 Å². The van der Waals surface area contributed by atoms with Gasteiger partial charge in [0.05, 0.1) is 22.4 Å². The maximum Gasteiger partial charge on any atom is 0.416 e. The Kier molecular flexibility index (Phi) is 5.24. The zero-order valence-electron chi connectivity index (χ0n) is 13.8.